The predicted molar refractivity (Wildman–Crippen MR) is 85.7 cm³/mol. The summed E-state index contributed by atoms with van der Waals surface area (Å²) in [6.45, 7) is 0.668. The van der Waals surface area contributed by atoms with Crippen LogP contribution in [0.3, 0.4) is 0 Å². The van der Waals surface area contributed by atoms with Crippen LogP contribution in [0.25, 0.3) is 0 Å². The molecule has 1 N–H and O–H groups in total. The van der Waals surface area contributed by atoms with E-state index in [1.54, 1.807) is 0 Å². The predicted octanol–water partition coefficient (Wildman–Crippen LogP) is 4.66. The Balaban J connectivity index is 2.00. The van der Waals surface area contributed by atoms with Gasteiger partial charge in [0.25, 0.3) is 5.91 Å². The second-order valence-electron chi connectivity index (χ2n) is 5.50. The highest BCUT2D eigenvalue weighted by atomic mass is 79.9. The lowest BCUT2D eigenvalue weighted by atomic mass is 9.75. The van der Waals surface area contributed by atoms with Crippen LogP contribution in [-0.2, 0) is 0 Å². The fraction of sp³-hybridized carbons (Fsp3) is 0.533. The van der Waals surface area contributed by atoms with Gasteiger partial charge >= 0.3 is 0 Å². The van der Waals surface area contributed by atoms with E-state index in [-0.39, 0.29) is 17.1 Å². The first-order valence-electron chi connectivity index (χ1n) is 6.86. The third kappa shape index (κ3) is 3.82. The van der Waals surface area contributed by atoms with Crippen LogP contribution in [0.4, 0.5) is 4.39 Å². The first-order valence-corrected chi connectivity index (χ1v) is 8.77. The molecule has 1 aliphatic rings. The van der Waals surface area contributed by atoms with Crippen LogP contribution < -0.4 is 5.32 Å². The molecule has 0 saturated heterocycles. The molecule has 0 aliphatic heterocycles. The number of hydrogen-bond acceptors (Lipinski definition) is 1. The van der Waals surface area contributed by atoms with E-state index in [9.17, 15) is 9.18 Å². The number of alkyl halides is 1. The maximum absolute atomic E-state index is 13.0. The zero-order valence-corrected chi connectivity index (χ0v) is 14.4. The van der Waals surface area contributed by atoms with Crippen molar-refractivity contribution in [1.82, 2.24) is 5.32 Å². The van der Waals surface area contributed by atoms with Gasteiger partial charge in [0.1, 0.15) is 5.82 Å². The summed E-state index contributed by atoms with van der Waals surface area (Å²) >= 11 is 6.82. The number of amides is 1. The molecule has 0 radical (unpaired) electrons. The first-order chi connectivity index (χ1) is 9.56. The highest BCUT2D eigenvalue weighted by Crippen LogP contribution is 2.37. The van der Waals surface area contributed by atoms with Gasteiger partial charge in [0.15, 0.2) is 0 Å². The Kier molecular flexibility index (Phi) is 5.61. The van der Waals surface area contributed by atoms with Crippen molar-refractivity contribution < 1.29 is 9.18 Å². The van der Waals surface area contributed by atoms with Crippen LogP contribution in [0.1, 0.15) is 42.5 Å². The normalized spacial score (nSPS) is 17.8. The lowest BCUT2D eigenvalue weighted by molar-refractivity contribution is 0.0921. The second-order valence-corrected chi connectivity index (χ2v) is 6.92. The summed E-state index contributed by atoms with van der Waals surface area (Å²) in [5.74, 6) is -0.500. The molecule has 1 amide bonds. The number of carbonyl (C=O) groups excluding carboxylic acids is 1. The molecule has 0 aromatic heterocycles. The van der Waals surface area contributed by atoms with Crippen molar-refractivity contribution in [3.05, 3.63) is 34.1 Å². The number of halogens is 3. The van der Waals surface area contributed by atoms with Gasteiger partial charge in [0.2, 0.25) is 0 Å². The quantitative estimate of drug-likeness (QED) is 0.723. The minimum Gasteiger partial charge on any atom is -0.351 e. The average Bonchev–Trinajstić information content (AvgIpc) is 2.46. The lowest BCUT2D eigenvalue weighted by Crippen LogP contribution is -2.40. The van der Waals surface area contributed by atoms with Gasteiger partial charge < -0.3 is 5.32 Å². The summed E-state index contributed by atoms with van der Waals surface area (Å²) in [5, 5.41) is 3.91. The minimum atomic E-state index is -0.349. The van der Waals surface area contributed by atoms with E-state index in [0.29, 0.717) is 16.6 Å². The van der Waals surface area contributed by atoms with E-state index >= 15 is 0 Å². The van der Waals surface area contributed by atoms with E-state index in [1.807, 2.05) is 0 Å². The summed E-state index contributed by atoms with van der Waals surface area (Å²) in [7, 11) is 0. The van der Waals surface area contributed by atoms with Gasteiger partial charge in [-0.15, -0.1) is 0 Å². The Morgan fingerprint density at radius 2 is 2.00 bits per heavy atom. The number of rotatable bonds is 4. The Bertz CT molecular complexity index is 487. The molecule has 1 aromatic carbocycles. The molecule has 20 heavy (non-hydrogen) atoms. The summed E-state index contributed by atoms with van der Waals surface area (Å²) < 4.78 is 13.5. The van der Waals surface area contributed by atoms with Crippen LogP contribution in [0.2, 0.25) is 0 Å². The molecule has 0 spiro atoms. The van der Waals surface area contributed by atoms with Crippen LogP contribution >= 0.6 is 31.9 Å². The molecule has 0 heterocycles. The zero-order chi connectivity index (χ0) is 14.6. The molecular formula is C15H18Br2FNO. The Morgan fingerprint density at radius 1 is 1.30 bits per heavy atom. The van der Waals surface area contributed by atoms with Gasteiger partial charge in [-0.05, 0) is 52.4 Å². The average molecular weight is 407 g/mol. The summed E-state index contributed by atoms with van der Waals surface area (Å²) in [4.78, 5) is 12.2. The van der Waals surface area contributed by atoms with Gasteiger partial charge in [-0.3, -0.25) is 4.79 Å². The minimum absolute atomic E-state index is 0.150. The van der Waals surface area contributed by atoms with Gasteiger partial charge in [-0.1, -0.05) is 35.2 Å². The largest absolute Gasteiger partial charge is 0.351 e. The molecule has 110 valence electrons. The maximum atomic E-state index is 13.0. The van der Waals surface area contributed by atoms with Crippen molar-refractivity contribution in [3.8, 4) is 0 Å². The molecule has 2 nitrogen and oxygen atoms in total. The highest BCUT2D eigenvalue weighted by molar-refractivity contribution is 9.10. The molecule has 1 aromatic rings. The summed E-state index contributed by atoms with van der Waals surface area (Å²) in [6.07, 6.45) is 6.02. The lowest BCUT2D eigenvalue weighted by Gasteiger charge is -2.35. The molecule has 0 atom stereocenters. The molecule has 0 unspecified atom stereocenters. The molecule has 1 fully saturated rings. The monoisotopic (exact) mass is 405 g/mol. The van der Waals surface area contributed by atoms with E-state index in [2.05, 4.69) is 37.2 Å². The van der Waals surface area contributed by atoms with Gasteiger partial charge in [-0.2, -0.15) is 0 Å². The Morgan fingerprint density at radius 3 is 2.60 bits per heavy atom. The fourth-order valence-electron chi connectivity index (χ4n) is 2.70. The van der Waals surface area contributed by atoms with Gasteiger partial charge in [0.05, 0.1) is 5.56 Å². The molecule has 0 bridgehead atoms. The van der Waals surface area contributed by atoms with E-state index in [1.165, 1.54) is 37.5 Å². The molecule has 1 aliphatic carbocycles. The zero-order valence-electron chi connectivity index (χ0n) is 11.2. The molecule has 1 saturated carbocycles. The number of hydrogen-bond donors (Lipinski definition) is 1. The SMILES string of the molecule is O=C(NCC1(CBr)CCCCC1)c1ccc(F)cc1Br. The second kappa shape index (κ2) is 7.03. The van der Waals surface area contributed by atoms with Crippen LogP contribution in [-0.4, -0.2) is 17.8 Å². The fourth-order valence-corrected chi connectivity index (χ4v) is 3.99. The third-order valence-electron chi connectivity index (χ3n) is 4.00. The van der Waals surface area contributed by atoms with Crippen LogP contribution in [0, 0.1) is 11.2 Å². The van der Waals surface area contributed by atoms with Crippen molar-refractivity contribution in [1.29, 1.82) is 0 Å². The summed E-state index contributed by atoms with van der Waals surface area (Å²) in [5.41, 5.74) is 0.646. The standard InChI is InChI=1S/C15H18Br2FNO/c16-9-15(6-2-1-3-7-15)10-19-14(20)12-5-4-11(18)8-13(12)17/h4-5,8H,1-3,6-7,9-10H2,(H,19,20). The van der Waals surface area contributed by atoms with Gasteiger partial charge in [0, 0.05) is 16.3 Å². The maximum Gasteiger partial charge on any atom is 0.252 e. The third-order valence-corrected chi connectivity index (χ3v) is 5.84. The number of nitrogens with one attached hydrogen (secondary N) is 1. The van der Waals surface area contributed by atoms with Gasteiger partial charge in [-0.25, -0.2) is 4.39 Å². The number of carbonyl (C=O) groups is 1. The van der Waals surface area contributed by atoms with Crippen molar-refractivity contribution in [3.63, 3.8) is 0 Å². The van der Waals surface area contributed by atoms with E-state index < -0.39 is 0 Å². The van der Waals surface area contributed by atoms with E-state index in [4.69, 9.17) is 0 Å². The smallest absolute Gasteiger partial charge is 0.252 e. The van der Waals surface area contributed by atoms with E-state index in [0.717, 1.165) is 18.2 Å². The molecule has 2 rings (SSSR count). The highest BCUT2D eigenvalue weighted by Gasteiger charge is 2.31. The van der Waals surface area contributed by atoms with Crippen molar-refractivity contribution in [2.45, 2.75) is 32.1 Å². The van der Waals surface area contributed by atoms with Crippen LogP contribution in [0.15, 0.2) is 22.7 Å². The summed E-state index contributed by atoms with van der Waals surface area (Å²) in [6, 6.07) is 4.13. The first kappa shape index (κ1) is 16.0. The van der Waals surface area contributed by atoms with Crippen molar-refractivity contribution in [2.75, 3.05) is 11.9 Å². The van der Waals surface area contributed by atoms with Crippen LogP contribution in [0.5, 0.6) is 0 Å². The Labute approximate surface area is 135 Å². The number of benzene rings is 1. The molecular weight excluding hydrogens is 389 g/mol. The Hall–Kier alpha value is -0.420. The molecule has 5 heteroatoms. The van der Waals surface area contributed by atoms with Crippen molar-refractivity contribution in [2.24, 2.45) is 5.41 Å². The topological polar surface area (TPSA) is 29.1 Å². The van der Waals surface area contributed by atoms with Crippen molar-refractivity contribution >= 4 is 37.8 Å².